The fourth-order valence-electron chi connectivity index (χ4n) is 2.08. The van der Waals surface area contributed by atoms with Crippen molar-refractivity contribution in [1.82, 2.24) is 4.31 Å². The summed E-state index contributed by atoms with van der Waals surface area (Å²) in [5.41, 5.74) is 0. The van der Waals surface area contributed by atoms with Gasteiger partial charge >= 0.3 is 0 Å². The number of nitrogens with zero attached hydrogens (tertiary/aromatic N) is 1. The third kappa shape index (κ3) is 3.29. The van der Waals surface area contributed by atoms with Crippen LogP contribution in [-0.2, 0) is 14.8 Å². The van der Waals surface area contributed by atoms with Crippen LogP contribution in [0.2, 0.25) is 0 Å². The van der Waals surface area contributed by atoms with E-state index in [1.165, 1.54) is 16.4 Å². The van der Waals surface area contributed by atoms with Crippen molar-refractivity contribution in [2.24, 2.45) is 0 Å². The third-order valence-corrected chi connectivity index (χ3v) is 5.12. The number of hydrogen-bond donors (Lipinski definition) is 1. The maximum atomic E-state index is 12.5. The SMILES string of the molecule is CC1COCCN1S(=O)(=O)c1ccc(OCCO)cc1. The summed E-state index contributed by atoms with van der Waals surface area (Å²) in [6.45, 7) is 3.14. The lowest BCUT2D eigenvalue weighted by atomic mass is 10.3. The van der Waals surface area contributed by atoms with Crippen molar-refractivity contribution >= 4 is 10.0 Å². The van der Waals surface area contributed by atoms with Crippen molar-refractivity contribution in [1.29, 1.82) is 0 Å². The van der Waals surface area contributed by atoms with E-state index in [0.717, 1.165) is 0 Å². The molecule has 1 unspecified atom stereocenters. The fraction of sp³-hybridized carbons (Fsp3) is 0.538. The first-order valence-corrected chi connectivity index (χ1v) is 7.93. The maximum Gasteiger partial charge on any atom is 0.243 e. The highest BCUT2D eigenvalue weighted by atomic mass is 32.2. The van der Waals surface area contributed by atoms with Crippen LogP contribution in [0.25, 0.3) is 0 Å². The average Bonchev–Trinajstić information content (AvgIpc) is 2.46. The number of ether oxygens (including phenoxy) is 2. The average molecular weight is 301 g/mol. The highest BCUT2D eigenvalue weighted by molar-refractivity contribution is 7.89. The monoisotopic (exact) mass is 301 g/mol. The predicted octanol–water partition coefficient (Wildman–Crippen LogP) is 0.467. The van der Waals surface area contributed by atoms with Gasteiger partial charge in [-0.15, -0.1) is 0 Å². The predicted molar refractivity (Wildman–Crippen MR) is 73.2 cm³/mol. The zero-order valence-electron chi connectivity index (χ0n) is 11.4. The van der Waals surface area contributed by atoms with E-state index in [-0.39, 0.29) is 24.2 Å². The lowest BCUT2D eigenvalue weighted by Gasteiger charge is -2.32. The molecule has 1 fully saturated rings. The van der Waals surface area contributed by atoms with E-state index in [1.54, 1.807) is 12.1 Å². The molecule has 2 rings (SSSR count). The van der Waals surface area contributed by atoms with Gasteiger partial charge in [-0.1, -0.05) is 0 Å². The molecule has 0 aliphatic carbocycles. The summed E-state index contributed by atoms with van der Waals surface area (Å²) in [5.74, 6) is 0.535. The summed E-state index contributed by atoms with van der Waals surface area (Å²) in [5, 5.41) is 8.67. The Kier molecular flexibility index (Phi) is 4.98. The van der Waals surface area contributed by atoms with Gasteiger partial charge in [0.1, 0.15) is 12.4 Å². The molecule has 20 heavy (non-hydrogen) atoms. The number of aliphatic hydroxyl groups excluding tert-OH is 1. The van der Waals surface area contributed by atoms with Crippen LogP contribution in [-0.4, -0.2) is 56.8 Å². The Labute approximate surface area is 119 Å². The first-order valence-electron chi connectivity index (χ1n) is 6.49. The summed E-state index contributed by atoms with van der Waals surface area (Å²) in [4.78, 5) is 0.239. The molecule has 1 aromatic rings. The van der Waals surface area contributed by atoms with Crippen LogP contribution < -0.4 is 4.74 Å². The van der Waals surface area contributed by atoms with Gasteiger partial charge in [0.2, 0.25) is 10.0 Å². The summed E-state index contributed by atoms with van der Waals surface area (Å²) >= 11 is 0. The zero-order chi connectivity index (χ0) is 14.6. The smallest absolute Gasteiger partial charge is 0.243 e. The molecule has 0 radical (unpaired) electrons. The molecule has 1 aliphatic rings. The minimum atomic E-state index is -3.50. The van der Waals surface area contributed by atoms with Gasteiger partial charge < -0.3 is 14.6 Å². The van der Waals surface area contributed by atoms with Gasteiger partial charge in [0.15, 0.2) is 0 Å². The Balaban J connectivity index is 2.16. The van der Waals surface area contributed by atoms with Crippen molar-refractivity contribution < 1.29 is 23.0 Å². The van der Waals surface area contributed by atoms with E-state index in [2.05, 4.69) is 0 Å². The van der Waals surface area contributed by atoms with E-state index in [9.17, 15) is 8.42 Å². The van der Waals surface area contributed by atoms with Crippen molar-refractivity contribution in [3.63, 3.8) is 0 Å². The number of hydrogen-bond acceptors (Lipinski definition) is 5. The molecule has 1 aromatic carbocycles. The van der Waals surface area contributed by atoms with Crippen LogP contribution in [0.1, 0.15) is 6.92 Å². The Bertz CT molecular complexity index is 528. The molecule has 6 nitrogen and oxygen atoms in total. The Morgan fingerprint density at radius 2 is 2.10 bits per heavy atom. The largest absolute Gasteiger partial charge is 0.491 e. The standard InChI is InChI=1S/C13H19NO5S/c1-11-10-18-8-6-14(11)20(16,17)13-4-2-12(3-5-13)19-9-7-15/h2-5,11,15H,6-10H2,1H3. The first kappa shape index (κ1) is 15.2. The molecule has 0 saturated carbocycles. The second-order valence-corrected chi connectivity index (χ2v) is 6.47. The van der Waals surface area contributed by atoms with E-state index in [1.807, 2.05) is 6.92 Å². The molecular weight excluding hydrogens is 282 g/mol. The summed E-state index contributed by atoms with van der Waals surface area (Å²) in [6, 6.07) is 6.05. The van der Waals surface area contributed by atoms with Crippen LogP contribution in [0.5, 0.6) is 5.75 Å². The number of morpholine rings is 1. The molecule has 1 aliphatic heterocycles. The molecule has 1 heterocycles. The van der Waals surface area contributed by atoms with E-state index in [0.29, 0.717) is 25.5 Å². The van der Waals surface area contributed by atoms with Gasteiger partial charge in [0.25, 0.3) is 0 Å². The quantitative estimate of drug-likeness (QED) is 0.855. The van der Waals surface area contributed by atoms with Gasteiger partial charge in [0, 0.05) is 12.6 Å². The van der Waals surface area contributed by atoms with Crippen molar-refractivity contribution in [3.8, 4) is 5.75 Å². The molecule has 1 atom stereocenters. The maximum absolute atomic E-state index is 12.5. The van der Waals surface area contributed by atoms with Gasteiger partial charge in [0.05, 0.1) is 24.7 Å². The normalized spacial score (nSPS) is 20.8. The number of sulfonamides is 1. The summed E-state index contributed by atoms with van der Waals surface area (Å²) in [6.07, 6.45) is 0. The van der Waals surface area contributed by atoms with E-state index >= 15 is 0 Å². The molecule has 112 valence electrons. The molecule has 1 N–H and O–H groups in total. The van der Waals surface area contributed by atoms with Crippen LogP contribution in [0, 0.1) is 0 Å². The summed E-state index contributed by atoms with van der Waals surface area (Å²) in [7, 11) is -3.50. The molecule has 7 heteroatoms. The Morgan fingerprint density at radius 1 is 1.40 bits per heavy atom. The minimum Gasteiger partial charge on any atom is -0.491 e. The molecule has 0 amide bonds. The Hall–Kier alpha value is -1.15. The summed E-state index contributed by atoms with van der Waals surface area (Å²) < 4.78 is 37.0. The molecule has 0 bridgehead atoms. The number of aliphatic hydroxyl groups is 1. The highest BCUT2D eigenvalue weighted by Crippen LogP contribution is 2.22. The topological polar surface area (TPSA) is 76.1 Å². The van der Waals surface area contributed by atoms with Gasteiger partial charge in [-0.05, 0) is 31.2 Å². The first-order chi connectivity index (χ1) is 9.55. The van der Waals surface area contributed by atoms with Crippen LogP contribution in [0.3, 0.4) is 0 Å². The van der Waals surface area contributed by atoms with E-state index in [4.69, 9.17) is 14.6 Å². The van der Waals surface area contributed by atoms with Crippen LogP contribution in [0.15, 0.2) is 29.2 Å². The molecular formula is C13H19NO5S. The zero-order valence-corrected chi connectivity index (χ0v) is 12.2. The lowest BCUT2D eigenvalue weighted by Crippen LogP contribution is -2.46. The van der Waals surface area contributed by atoms with Crippen molar-refractivity contribution in [2.75, 3.05) is 33.0 Å². The lowest BCUT2D eigenvalue weighted by molar-refractivity contribution is 0.0393. The number of rotatable bonds is 5. The van der Waals surface area contributed by atoms with Gasteiger partial charge in [-0.2, -0.15) is 4.31 Å². The van der Waals surface area contributed by atoms with Crippen LogP contribution in [0.4, 0.5) is 0 Å². The second-order valence-electron chi connectivity index (χ2n) is 4.58. The second kappa shape index (κ2) is 6.53. The Morgan fingerprint density at radius 3 is 2.70 bits per heavy atom. The molecule has 0 aromatic heterocycles. The van der Waals surface area contributed by atoms with E-state index < -0.39 is 10.0 Å². The molecule has 0 spiro atoms. The van der Waals surface area contributed by atoms with Crippen molar-refractivity contribution in [2.45, 2.75) is 17.9 Å². The van der Waals surface area contributed by atoms with Crippen LogP contribution >= 0.6 is 0 Å². The molecule has 1 saturated heterocycles. The van der Waals surface area contributed by atoms with Gasteiger partial charge in [-0.25, -0.2) is 8.42 Å². The third-order valence-electron chi connectivity index (χ3n) is 3.10. The number of benzene rings is 1. The van der Waals surface area contributed by atoms with Crippen molar-refractivity contribution in [3.05, 3.63) is 24.3 Å². The van der Waals surface area contributed by atoms with Gasteiger partial charge in [-0.3, -0.25) is 0 Å². The highest BCUT2D eigenvalue weighted by Gasteiger charge is 2.31. The minimum absolute atomic E-state index is 0.0780. The fourth-order valence-corrected chi connectivity index (χ4v) is 3.68.